The molecule has 0 aromatic carbocycles. The number of likely N-dealkylation sites (N-methyl/N-ethyl adjacent to an activating group) is 1. The van der Waals surface area contributed by atoms with Gasteiger partial charge in [-0.25, -0.2) is 4.99 Å². The van der Waals surface area contributed by atoms with Crippen LogP contribution >= 0.6 is 0 Å². The lowest BCUT2D eigenvalue weighted by Crippen LogP contribution is -2.27. The largest absolute Gasteiger partial charge is 0.331 e. The summed E-state index contributed by atoms with van der Waals surface area (Å²) in [6.07, 6.45) is 2.71. The van der Waals surface area contributed by atoms with Gasteiger partial charge in [0, 0.05) is 19.8 Å². The first kappa shape index (κ1) is 8.05. The first-order valence-electron chi connectivity index (χ1n) is 3.26. The number of aliphatic imine (C=N–C) groups is 1. The molecule has 0 bridgehead atoms. The third kappa shape index (κ3) is 1.93. The highest BCUT2D eigenvalue weighted by molar-refractivity contribution is 6.17. The third-order valence-electron chi connectivity index (χ3n) is 1.38. The summed E-state index contributed by atoms with van der Waals surface area (Å²) in [5.74, 6) is 1.42. The SMILES string of the molecule is [B]/C=C/C1=CN=C(F)N(C)C1. The molecule has 0 amide bonds. The molecule has 4 heteroatoms. The lowest BCUT2D eigenvalue weighted by molar-refractivity contribution is 0.474. The van der Waals surface area contributed by atoms with E-state index in [4.69, 9.17) is 7.85 Å². The van der Waals surface area contributed by atoms with Gasteiger partial charge in [-0.15, -0.1) is 5.98 Å². The molecule has 1 aliphatic heterocycles. The Labute approximate surface area is 66.5 Å². The van der Waals surface area contributed by atoms with Gasteiger partial charge >= 0.3 is 0 Å². The molecule has 0 aromatic rings. The molecule has 1 aliphatic rings. The smallest absolute Gasteiger partial charge is 0.285 e. The first-order valence-corrected chi connectivity index (χ1v) is 3.26. The highest BCUT2D eigenvalue weighted by atomic mass is 19.1. The van der Waals surface area contributed by atoms with Gasteiger partial charge in [0.15, 0.2) is 0 Å². The Bertz CT molecular complexity index is 233. The third-order valence-corrected chi connectivity index (χ3v) is 1.38. The fourth-order valence-electron chi connectivity index (χ4n) is 0.834. The van der Waals surface area contributed by atoms with Crippen molar-refractivity contribution in [2.45, 2.75) is 0 Å². The van der Waals surface area contributed by atoms with Gasteiger partial charge in [-0.1, -0.05) is 6.08 Å². The van der Waals surface area contributed by atoms with E-state index in [0.717, 1.165) is 5.57 Å². The van der Waals surface area contributed by atoms with Gasteiger partial charge < -0.3 is 4.90 Å². The zero-order valence-corrected chi connectivity index (χ0v) is 6.29. The summed E-state index contributed by atoms with van der Waals surface area (Å²) in [6.45, 7) is 0.517. The molecular weight excluding hydrogens is 142 g/mol. The number of hydrogen-bond donors (Lipinski definition) is 0. The van der Waals surface area contributed by atoms with E-state index in [-0.39, 0.29) is 0 Å². The molecule has 1 rings (SSSR count). The normalized spacial score (nSPS) is 18.5. The van der Waals surface area contributed by atoms with Gasteiger partial charge in [0.25, 0.3) is 6.09 Å². The molecule has 0 aromatic heterocycles. The molecule has 0 spiro atoms. The predicted molar refractivity (Wildman–Crippen MR) is 44.2 cm³/mol. The van der Waals surface area contributed by atoms with E-state index in [0.29, 0.717) is 6.54 Å². The Morgan fingerprint density at radius 1 is 1.82 bits per heavy atom. The van der Waals surface area contributed by atoms with Crippen LogP contribution in [0.25, 0.3) is 0 Å². The maximum absolute atomic E-state index is 12.6. The molecule has 0 unspecified atom stereocenters. The second-order valence-corrected chi connectivity index (χ2v) is 2.32. The molecule has 2 nitrogen and oxygen atoms in total. The van der Waals surface area contributed by atoms with Crippen molar-refractivity contribution in [2.75, 3.05) is 13.6 Å². The molecule has 1 heterocycles. The summed E-state index contributed by atoms with van der Waals surface area (Å²) >= 11 is 0. The molecule has 11 heavy (non-hydrogen) atoms. The summed E-state index contributed by atoms with van der Waals surface area (Å²) in [4.78, 5) is 4.93. The summed E-state index contributed by atoms with van der Waals surface area (Å²) in [5, 5.41) is 0. The van der Waals surface area contributed by atoms with E-state index in [9.17, 15) is 4.39 Å². The van der Waals surface area contributed by atoms with Crippen molar-refractivity contribution in [3.63, 3.8) is 0 Å². The van der Waals surface area contributed by atoms with Crippen molar-refractivity contribution >= 4 is 13.9 Å². The number of nitrogens with zero attached hydrogens (tertiary/aromatic N) is 2. The van der Waals surface area contributed by atoms with Crippen molar-refractivity contribution in [3.8, 4) is 0 Å². The van der Waals surface area contributed by atoms with E-state index in [1.807, 2.05) is 0 Å². The van der Waals surface area contributed by atoms with Crippen LogP contribution in [0.2, 0.25) is 0 Å². The van der Waals surface area contributed by atoms with Crippen LogP contribution in [-0.2, 0) is 0 Å². The molecule has 0 aliphatic carbocycles. The lowest BCUT2D eigenvalue weighted by atomic mass is 10.1. The summed E-state index contributed by atoms with van der Waals surface area (Å²) in [6, 6.07) is 0. The van der Waals surface area contributed by atoms with E-state index in [1.54, 1.807) is 13.1 Å². The molecule has 0 saturated carbocycles. The quantitative estimate of drug-likeness (QED) is 0.399. The van der Waals surface area contributed by atoms with E-state index >= 15 is 0 Å². The monoisotopic (exact) mass is 150 g/mol. The molecule has 0 saturated heterocycles. The number of hydrogen-bond acceptors (Lipinski definition) is 2. The number of halogens is 1. The minimum absolute atomic E-state index is 0.459. The lowest BCUT2D eigenvalue weighted by Gasteiger charge is -2.18. The Kier molecular flexibility index (Phi) is 2.46. The average Bonchev–Trinajstić information content (AvgIpc) is 1.98. The zero-order valence-electron chi connectivity index (χ0n) is 6.29. The molecular formula is C7H8BFN2. The van der Waals surface area contributed by atoms with E-state index in [2.05, 4.69) is 4.99 Å². The molecule has 0 fully saturated rings. The Balaban J connectivity index is 2.73. The number of rotatable bonds is 1. The predicted octanol–water partition coefficient (Wildman–Crippen LogP) is 0.823. The summed E-state index contributed by atoms with van der Waals surface area (Å²) in [7, 11) is 6.79. The standard InChI is InChI=1S/C7H8BFN2/c1-11-5-6(2-3-8)4-10-7(11)9/h2-4H,5H2,1H3/b3-2+. The summed E-state index contributed by atoms with van der Waals surface area (Å²) in [5.41, 5.74) is 0.899. The fourth-order valence-corrected chi connectivity index (χ4v) is 0.834. The van der Waals surface area contributed by atoms with Crippen molar-refractivity contribution in [2.24, 2.45) is 4.99 Å². The van der Waals surface area contributed by atoms with Crippen LogP contribution in [0.3, 0.4) is 0 Å². The zero-order chi connectivity index (χ0) is 8.27. The van der Waals surface area contributed by atoms with Crippen molar-refractivity contribution in [3.05, 3.63) is 23.8 Å². The highest BCUT2D eigenvalue weighted by Crippen LogP contribution is 2.07. The van der Waals surface area contributed by atoms with Crippen LogP contribution in [0.4, 0.5) is 4.39 Å². The van der Waals surface area contributed by atoms with Crippen molar-refractivity contribution in [1.82, 2.24) is 4.90 Å². The Morgan fingerprint density at radius 3 is 3.09 bits per heavy atom. The minimum Gasteiger partial charge on any atom is -0.331 e. The van der Waals surface area contributed by atoms with Crippen LogP contribution in [-0.4, -0.2) is 32.4 Å². The fraction of sp³-hybridized carbons (Fsp3) is 0.286. The molecule has 56 valence electrons. The Hall–Kier alpha value is -1.06. The van der Waals surface area contributed by atoms with Crippen LogP contribution in [0.15, 0.2) is 28.8 Å². The van der Waals surface area contributed by atoms with Crippen molar-refractivity contribution < 1.29 is 4.39 Å². The molecule has 2 radical (unpaired) electrons. The Morgan fingerprint density at radius 2 is 2.55 bits per heavy atom. The summed E-state index contributed by atoms with van der Waals surface area (Å²) < 4.78 is 12.6. The van der Waals surface area contributed by atoms with Gasteiger partial charge in [-0.3, -0.25) is 0 Å². The molecule has 0 atom stereocenters. The topological polar surface area (TPSA) is 15.6 Å². The van der Waals surface area contributed by atoms with Gasteiger partial charge in [-0.2, -0.15) is 4.39 Å². The van der Waals surface area contributed by atoms with Crippen LogP contribution in [0.1, 0.15) is 0 Å². The first-order chi connectivity index (χ1) is 5.24. The van der Waals surface area contributed by atoms with Crippen molar-refractivity contribution in [1.29, 1.82) is 0 Å². The van der Waals surface area contributed by atoms with Crippen LogP contribution in [0, 0.1) is 0 Å². The van der Waals surface area contributed by atoms with Gasteiger partial charge in [0.2, 0.25) is 0 Å². The van der Waals surface area contributed by atoms with E-state index in [1.165, 1.54) is 17.1 Å². The average molecular weight is 150 g/mol. The van der Waals surface area contributed by atoms with Crippen LogP contribution in [0.5, 0.6) is 0 Å². The second-order valence-electron chi connectivity index (χ2n) is 2.32. The van der Waals surface area contributed by atoms with Gasteiger partial charge in [-0.05, 0) is 5.57 Å². The van der Waals surface area contributed by atoms with Gasteiger partial charge in [0.1, 0.15) is 7.85 Å². The van der Waals surface area contributed by atoms with E-state index < -0.39 is 6.09 Å². The maximum Gasteiger partial charge on any atom is 0.285 e. The minimum atomic E-state index is -0.459. The number of amidine groups is 1. The second kappa shape index (κ2) is 3.37. The highest BCUT2D eigenvalue weighted by Gasteiger charge is 2.09. The van der Waals surface area contributed by atoms with Gasteiger partial charge in [0.05, 0.1) is 0 Å². The maximum atomic E-state index is 12.6. The van der Waals surface area contributed by atoms with Crippen LogP contribution < -0.4 is 0 Å². The molecule has 0 N–H and O–H groups in total.